The lowest BCUT2D eigenvalue weighted by atomic mass is 9.97. The van der Waals surface area contributed by atoms with Crippen LogP contribution in [0, 0.1) is 0 Å². The van der Waals surface area contributed by atoms with Crippen molar-refractivity contribution < 1.29 is 37.0 Å². The molecule has 1 fully saturated rings. The van der Waals surface area contributed by atoms with Crippen LogP contribution in [0.1, 0.15) is 67.0 Å². The summed E-state index contributed by atoms with van der Waals surface area (Å²) in [5.41, 5.74) is -0.264. The second-order valence-corrected chi connectivity index (χ2v) is 11.4. The fraction of sp³-hybridized carbons (Fsp3) is 0.414. The molecule has 0 saturated carbocycles. The lowest BCUT2D eigenvalue weighted by Crippen LogP contribution is -2.45. The highest BCUT2D eigenvalue weighted by Gasteiger charge is 2.51. The van der Waals surface area contributed by atoms with Crippen molar-refractivity contribution in [3.8, 4) is 17.2 Å². The van der Waals surface area contributed by atoms with E-state index in [-0.39, 0.29) is 36.3 Å². The summed E-state index contributed by atoms with van der Waals surface area (Å²) in [5, 5.41) is 4.02. The molecule has 12 heteroatoms. The summed E-state index contributed by atoms with van der Waals surface area (Å²) in [6.07, 6.45) is -4.25. The summed E-state index contributed by atoms with van der Waals surface area (Å²) in [4.78, 5) is 29.3. The van der Waals surface area contributed by atoms with Gasteiger partial charge in [-0.2, -0.15) is 18.3 Å². The molecule has 0 spiro atoms. The molecule has 2 unspecified atom stereocenters. The number of amides is 2. The molecule has 2 aromatic carbocycles. The predicted octanol–water partition coefficient (Wildman–Crippen LogP) is 5.89. The molecule has 41 heavy (non-hydrogen) atoms. The smallest absolute Gasteiger partial charge is 0.435 e. The number of ether oxygens (including phenoxy) is 3. The van der Waals surface area contributed by atoms with E-state index in [9.17, 15) is 22.8 Å². The molecule has 0 aliphatic carbocycles. The van der Waals surface area contributed by atoms with E-state index in [1.54, 1.807) is 64.2 Å². The summed E-state index contributed by atoms with van der Waals surface area (Å²) in [5.74, 6) is 0.743. The van der Waals surface area contributed by atoms with Crippen LogP contribution in [0.3, 0.4) is 0 Å². The molecule has 2 bridgehead atoms. The van der Waals surface area contributed by atoms with E-state index in [1.807, 2.05) is 0 Å². The fourth-order valence-electron chi connectivity index (χ4n) is 5.79. The van der Waals surface area contributed by atoms with Crippen molar-refractivity contribution in [3.05, 3.63) is 65.0 Å². The number of hydrogen-bond donors (Lipinski definition) is 0. The highest BCUT2D eigenvalue weighted by atomic mass is 19.4. The van der Waals surface area contributed by atoms with Crippen molar-refractivity contribution in [2.24, 2.45) is 0 Å². The molecule has 1 saturated heterocycles. The van der Waals surface area contributed by atoms with Gasteiger partial charge in [0.05, 0.1) is 17.4 Å². The molecule has 216 valence electrons. The van der Waals surface area contributed by atoms with Gasteiger partial charge in [-0.05, 0) is 63.9 Å². The summed E-state index contributed by atoms with van der Waals surface area (Å²) in [6, 6.07) is 10.4. The van der Waals surface area contributed by atoms with Crippen molar-refractivity contribution in [3.63, 3.8) is 0 Å². The molecule has 2 amide bonds. The van der Waals surface area contributed by atoms with Crippen molar-refractivity contribution >= 4 is 17.7 Å². The summed E-state index contributed by atoms with van der Waals surface area (Å²) in [7, 11) is 1.60. The number of carbonyl (C=O) groups is 2. The first-order valence-corrected chi connectivity index (χ1v) is 13.3. The minimum absolute atomic E-state index is 0.00804. The van der Waals surface area contributed by atoms with Crippen molar-refractivity contribution in [1.29, 1.82) is 0 Å². The lowest BCUT2D eigenvalue weighted by molar-refractivity contribution is -0.142. The van der Waals surface area contributed by atoms with Gasteiger partial charge in [0, 0.05) is 42.4 Å². The third kappa shape index (κ3) is 4.74. The summed E-state index contributed by atoms with van der Waals surface area (Å²) < 4.78 is 60.5. The molecule has 0 radical (unpaired) electrons. The molecule has 6 rings (SSSR count). The van der Waals surface area contributed by atoms with Gasteiger partial charge in [-0.25, -0.2) is 9.48 Å². The third-order valence-electron chi connectivity index (χ3n) is 7.54. The van der Waals surface area contributed by atoms with E-state index in [4.69, 9.17) is 14.2 Å². The Balaban J connectivity index is 1.36. The van der Waals surface area contributed by atoms with E-state index in [0.29, 0.717) is 41.4 Å². The number of nitrogens with zero attached hydrogens (tertiary/aromatic N) is 4. The van der Waals surface area contributed by atoms with Crippen LogP contribution in [0.4, 0.5) is 23.7 Å². The standard InChI is InChI=1S/C29H29F3N4O5/c1-28(2,3)41-27(38)35-18-8-10-20(35)24-21(13-18)36(33-25(24)29(30,31)32)19-7-5-6-16(12-19)26(37)34(4)17-9-11-22-23(14-17)40-15-39-22/h5-7,9,11-12,14,18,20H,8,10,13,15H2,1-4H3. The predicted molar refractivity (Wildman–Crippen MR) is 141 cm³/mol. The molecular formula is C29H29F3N4O5. The molecule has 9 nitrogen and oxygen atoms in total. The zero-order valence-corrected chi connectivity index (χ0v) is 23.0. The first kappa shape index (κ1) is 27.0. The highest BCUT2D eigenvalue weighted by molar-refractivity contribution is 6.06. The quantitative estimate of drug-likeness (QED) is 0.390. The van der Waals surface area contributed by atoms with Crippen LogP contribution in [0.2, 0.25) is 0 Å². The number of benzene rings is 2. The van der Waals surface area contributed by atoms with Crippen LogP contribution in [0.25, 0.3) is 5.69 Å². The zero-order valence-electron chi connectivity index (χ0n) is 23.0. The third-order valence-corrected chi connectivity index (χ3v) is 7.54. The van der Waals surface area contributed by atoms with Gasteiger partial charge in [-0.1, -0.05) is 6.07 Å². The normalized spacial score (nSPS) is 19.2. The van der Waals surface area contributed by atoms with Gasteiger partial charge >= 0.3 is 12.3 Å². The minimum atomic E-state index is -4.74. The average Bonchev–Trinajstić information content (AvgIpc) is 3.61. The van der Waals surface area contributed by atoms with Gasteiger partial charge in [0.25, 0.3) is 5.91 Å². The first-order chi connectivity index (χ1) is 19.3. The van der Waals surface area contributed by atoms with Gasteiger partial charge in [-0.15, -0.1) is 0 Å². The van der Waals surface area contributed by atoms with E-state index < -0.39 is 29.6 Å². The highest BCUT2D eigenvalue weighted by Crippen LogP contribution is 2.49. The summed E-state index contributed by atoms with van der Waals surface area (Å²) >= 11 is 0. The number of fused-ring (bicyclic) bond motifs is 5. The number of hydrogen-bond acceptors (Lipinski definition) is 6. The average molecular weight is 571 g/mol. The topological polar surface area (TPSA) is 86.1 Å². The van der Waals surface area contributed by atoms with E-state index in [2.05, 4.69) is 5.10 Å². The van der Waals surface area contributed by atoms with Crippen LogP contribution in [0.15, 0.2) is 42.5 Å². The lowest BCUT2D eigenvalue weighted by Gasteiger charge is -2.36. The maximum atomic E-state index is 14.3. The van der Waals surface area contributed by atoms with Crippen LogP contribution in [-0.2, 0) is 17.3 Å². The van der Waals surface area contributed by atoms with E-state index in [0.717, 1.165) is 0 Å². The molecule has 3 aliphatic rings. The number of carbonyl (C=O) groups excluding carboxylic acids is 2. The largest absolute Gasteiger partial charge is 0.454 e. The summed E-state index contributed by atoms with van der Waals surface area (Å²) in [6.45, 7) is 5.27. The molecular weight excluding hydrogens is 541 g/mol. The monoisotopic (exact) mass is 570 g/mol. The maximum Gasteiger partial charge on any atom is 0.435 e. The van der Waals surface area contributed by atoms with E-state index >= 15 is 0 Å². The van der Waals surface area contributed by atoms with Crippen LogP contribution in [0.5, 0.6) is 11.5 Å². The number of alkyl halides is 3. The number of anilines is 1. The Morgan fingerprint density at radius 3 is 2.54 bits per heavy atom. The Morgan fingerprint density at radius 2 is 1.80 bits per heavy atom. The van der Waals surface area contributed by atoms with E-state index in [1.165, 1.54) is 20.5 Å². The van der Waals surface area contributed by atoms with Crippen LogP contribution in [-0.4, -0.2) is 52.2 Å². The Kier molecular flexibility index (Phi) is 6.20. The Hall–Kier alpha value is -4.22. The first-order valence-electron chi connectivity index (χ1n) is 13.3. The zero-order chi connectivity index (χ0) is 29.3. The maximum absolute atomic E-state index is 14.3. The number of rotatable bonds is 3. The molecule has 0 N–H and O–H groups in total. The Labute approximate surface area is 234 Å². The van der Waals surface area contributed by atoms with Crippen molar-refractivity contribution in [2.45, 2.75) is 63.9 Å². The molecule has 3 aliphatic heterocycles. The molecule has 2 atom stereocenters. The molecule has 4 heterocycles. The second kappa shape index (κ2) is 9.42. The molecule has 1 aromatic heterocycles. The SMILES string of the molecule is CN(C(=O)c1cccc(-n2nc(C(F)(F)F)c3c2CC2CCC3N2C(=O)OC(C)(C)C)c1)c1ccc2c(c1)OCO2. The Morgan fingerprint density at radius 1 is 1.05 bits per heavy atom. The van der Waals surface area contributed by atoms with Gasteiger partial charge < -0.3 is 19.1 Å². The van der Waals surface area contributed by atoms with Gasteiger partial charge in [0.2, 0.25) is 6.79 Å². The van der Waals surface area contributed by atoms with Gasteiger partial charge in [0.15, 0.2) is 17.2 Å². The number of halogens is 3. The van der Waals surface area contributed by atoms with Crippen molar-refractivity contribution in [2.75, 3.05) is 18.7 Å². The molecule has 3 aromatic rings. The van der Waals surface area contributed by atoms with Crippen LogP contribution >= 0.6 is 0 Å². The fourth-order valence-corrected chi connectivity index (χ4v) is 5.79. The Bertz CT molecular complexity index is 1540. The number of aromatic nitrogens is 2. The van der Waals surface area contributed by atoms with Crippen molar-refractivity contribution in [1.82, 2.24) is 14.7 Å². The minimum Gasteiger partial charge on any atom is -0.454 e. The van der Waals surface area contributed by atoms with Gasteiger partial charge in [0.1, 0.15) is 5.60 Å². The van der Waals surface area contributed by atoms with Gasteiger partial charge in [-0.3, -0.25) is 9.69 Å². The van der Waals surface area contributed by atoms with Crippen LogP contribution < -0.4 is 14.4 Å². The second-order valence-electron chi connectivity index (χ2n) is 11.4.